The highest BCUT2D eigenvalue weighted by atomic mass is 16.3. The van der Waals surface area contributed by atoms with Crippen LogP contribution in [-0.2, 0) is 0 Å². The van der Waals surface area contributed by atoms with E-state index in [4.69, 9.17) is 0 Å². The zero-order chi connectivity index (χ0) is 10.9. The first-order valence-corrected chi connectivity index (χ1v) is 6.58. The Hall–Kier alpha value is -0.0800. The fraction of sp³-hybridized carbons (Fsp3) is 1.00. The minimum absolute atomic E-state index is 0.397. The summed E-state index contributed by atoms with van der Waals surface area (Å²) in [5.41, 5.74) is -0.397. The zero-order valence-corrected chi connectivity index (χ0v) is 10.1. The van der Waals surface area contributed by atoms with Crippen molar-refractivity contribution in [3.05, 3.63) is 0 Å². The van der Waals surface area contributed by atoms with Gasteiger partial charge in [-0.3, -0.25) is 0 Å². The highest BCUT2D eigenvalue weighted by Gasteiger charge is 2.47. The third kappa shape index (κ3) is 1.94. The lowest BCUT2D eigenvalue weighted by molar-refractivity contribution is -0.127. The summed E-state index contributed by atoms with van der Waals surface area (Å²) in [6.07, 6.45) is 6.49. The summed E-state index contributed by atoms with van der Waals surface area (Å²) in [5, 5.41) is 14.4. The standard InChI is InChI=1S/C13H25NO/c1-10-8-14-9-11(2)13(10,15)12-6-4-3-5-7-12/h10-12,14-15H,3-9H2,1-2H3. The van der Waals surface area contributed by atoms with E-state index in [0.29, 0.717) is 17.8 Å². The topological polar surface area (TPSA) is 32.3 Å². The summed E-state index contributed by atoms with van der Waals surface area (Å²) in [7, 11) is 0. The fourth-order valence-electron chi connectivity index (χ4n) is 3.70. The third-order valence-corrected chi connectivity index (χ3v) is 4.74. The van der Waals surface area contributed by atoms with Crippen molar-refractivity contribution in [2.75, 3.05) is 13.1 Å². The van der Waals surface area contributed by atoms with E-state index in [1.54, 1.807) is 0 Å². The van der Waals surface area contributed by atoms with Crippen LogP contribution in [0.3, 0.4) is 0 Å². The SMILES string of the molecule is CC1CNCC(C)C1(O)C1CCCCC1. The lowest BCUT2D eigenvalue weighted by atomic mass is 9.64. The molecule has 0 aromatic carbocycles. The van der Waals surface area contributed by atoms with Crippen molar-refractivity contribution >= 4 is 0 Å². The van der Waals surface area contributed by atoms with Gasteiger partial charge in [-0.15, -0.1) is 0 Å². The van der Waals surface area contributed by atoms with Crippen LogP contribution < -0.4 is 5.32 Å². The molecule has 88 valence electrons. The van der Waals surface area contributed by atoms with Crippen molar-refractivity contribution in [3.8, 4) is 0 Å². The van der Waals surface area contributed by atoms with Crippen molar-refractivity contribution < 1.29 is 5.11 Å². The Morgan fingerprint density at radius 1 is 1.00 bits per heavy atom. The lowest BCUT2D eigenvalue weighted by Gasteiger charge is -2.49. The molecule has 1 heterocycles. The van der Waals surface area contributed by atoms with Crippen molar-refractivity contribution in [1.29, 1.82) is 0 Å². The molecule has 2 heteroatoms. The molecule has 0 aromatic rings. The van der Waals surface area contributed by atoms with E-state index in [1.165, 1.54) is 32.1 Å². The van der Waals surface area contributed by atoms with E-state index >= 15 is 0 Å². The quantitative estimate of drug-likeness (QED) is 0.697. The molecule has 2 nitrogen and oxygen atoms in total. The number of aliphatic hydroxyl groups is 1. The van der Waals surface area contributed by atoms with E-state index in [9.17, 15) is 5.11 Å². The molecule has 0 bridgehead atoms. The largest absolute Gasteiger partial charge is 0.389 e. The molecule has 1 aliphatic heterocycles. The Bertz CT molecular complexity index is 201. The minimum Gasteiger partial charge on any atom is -0.389 e. The highest BCUT2D eigenvalue weighted by molar-refractivity contribution is 4.99. The average Bonchev–Trinajstić information content (AvgIpc) is 2.27. The molecule has 0 radical (unpaired) electrons. The molecule has 0 amide bonds. The van der Waals surface area contributed by atoms with Crippen LogP contribution in [0.5, 0.6) is 0 Å². The second kappa shape index (κ2) is 4.42. The molecule has 1 saturated carbocycles. The van der Waals surface area contributed by atoms with Gasteiger partial charge in [0.1, 0.15) is 0 Å². The maximum absolute atomic E-state index is 11.0. The van der Waals surface area contributed by atoms with Gasteiger partial charge in [-0.1, -0.05) is 33.1 Å². The van der Waals surface area contributed by atoms with E-state index in [1.807, 2.05) is 0 Å². The molecule has 2 N–H and O–H groups in total. The Morgan fingerprint density at radius 3 is 2.07 bits per heavy atom. The van der Waals surface area contributed by atoms with Crippen LogP contribution in [0.1, 0.15) is 46.0 Å². The Morgan fingerprint density at radius 2 is 1.53 bits per heavy atom. The Kier molecular flexibility index (Phi) is 3.36. The minimum atomic E-state index is -0.397. The molecular weight excluding hydrogens is 186 g/mol. The summed E-state index contributed by atoms with van der Waals surface area (Å²) < 4.78 is 0. The molecule has 2 unspecified atom stereocenters. The van der Waals surface area contributed by atoms with Gasteiger partial charge in [0.2, 0.25) is 0 Å². The van der Waals surface area contributed by atoms with Gasteiger partial charge in [-0.25, -0.2) is 0 Å². The molecule has 1 aliphatic carbocycles. The molecule has 0 aromatic heterocycles. The molecule has 2 fully saturated rings. The Balaban J connectivity index is 2.12. The van der Waals surface area contributed by atoms with Gasteiger partial charge in [0.15, 0.2) is 0 Å². The molecule has 15 heavy (non-hydrogen) atoms. The average molecular weight is 211 g/mol. The van der Waals surface area contributed by atoms with Crippen LogP contribution in [0.25, 0.3) is 0 Å². The first-order chi connectivity index (χ1) is 7.15. The van der Waals surface area contributed by atoms with Gasteiger partial charge in [-0.2, -0.15) is 0 Å². The fourth-order valence-corrected chi connectivity index (χ4v) is 3.70. The van der Waals surface area contributed by atoms with Crippen LogP contribution in [0, 0.1) is 17.8 Å². The van der Waals surface area contributed by atoms with Gasteiger partial charge in [0, 0.05) is 13.1 Å². The van der Waals surface area contributed by atoms with Gasteiger partial charge < -0.3 is 10.4 Å². The van der Waals surface area contributed by atoms with E-state index in [2.05, 4.69) is 19.2 Å². The highest BCUT2D eigenvalue weighted by Crippen LogP contribution is 2.42. The van der Waals surface area contributed by atoms with E-state index < -0.39 is 5.60 Å². The molecule has 2 aliphatic rings. The molecular formula is C13H25NO. The molecule has 1 saturated heterocycles. The van der Waals surface area contributed by atoms with Gasteiger partial charge in [0.25, 0.3) is 0 Å². The van der Waals surface area contributed by atoms with Gasteiger partial charge in [-0.05, 0) is 30.6 Å². The van der Waals surface area contributed by atoms with Crippen molar-refractivity contribution in [3.63, 3.8) is 0 Å². The molecule has 0 spiro atoms. The lowest BCUT2D eigenvalue weighted by Crippen LogP contribution is -2.59. The Labute approximate surface area is 93.5 Å². The normalized spacial score (nSPS) is 44.2. The monoisotopic (exact) mass is 211 g/mol. The number of piperidine rings is 1. The smallest absolute Gasteiger partial charge is 0.0750 e. The summed E-state index contributed by atoms with van der Waals surface area (Å²) in [5.74, 6) is 1.37. The summed E-state index contributed by atoms with van der Waals surface area (Å²) in [6.45, 7) is 6.38. The first-order valence-electron chi connectivity index (χ1n) is 6.58. The second-order valence-corrected chi connectivity index (χ2v) is 5.68. The number of rotatable bonds is 1. The first kappa shape index (κ1) is 11.4. The number of hydrogen-bond donors (Lipinski definition) is 2. The van der Waals surface area contributed by atoms with E-state index in [0.717, 1.165) is 13.1 Å². The zero-order valence-electron chi connectivity index (χ0n) is 10.1. The van der Waals surface area contributed by atoms with Crippen LogP contribution in [0.2, 0.25) is 0 Å². The molecule has 2 atom stereocenters. The van der Waals surface area contributed by atoms with E-state index in [-0.39, 0.29) is 0 Å². The maximum Gasteiger partial charge on any atom is 0.0750 e. The summed E-state index contributed by atoms with van der Waals surface area (Å²) >= 11 is 0. The van der Waals surface area contributed by atoms with Crippen molar-refractivity contribution in [2.24, 2.45) is 17.8 Å². The van der Waals surface area contributed by atoms with Crippen molar-refractivity contribution in [1.82, 2.24) is 5.32 Å². The van der Waals surface area contributed by atoms with Crippen LogP contribution in [-0.4, -0.2) is 23.8 Å². The number of nitrogens with one attached hydrogen (secondary N) is 1. The second-order valence-electron chi connectivity index (χ2n) is 5.68. The predicted molar refractivity (Wildman–Crippen MR) is 62.7 cm³/mol. The van der Waals surface area contributed by atoms with Gasteiger partial charge >= 0.3 is 0 Å². The predicted octanol–water partition coefficient (Wildman–Crippen LogP) is 2.17. The van der Waals surface area contributed by atoms with Crippen molar-refractivity contribution in [2.45, 2.75) is 51.6 Å². The summed E-state index contributed by atoms with van der Waals surface area (Å²) in [6, 6.07) is 0. The maximum atomic E-state index is 11.0. The van der Waals surface area contributed by atoms with Crippen LogP contribution in [0.4, 0.5) is 0 Å². The van der Waals surface area contributed by atoms with Crippen LogP contribution in [0.15, 0.2) is 0 Å². The third-order valence-electron chi connectivity index (χ3n) is 4.74. The number of hydrogen-bond acceptors (Lipinski definition) is 2. The summed E-state index contributed by atoms with van der Waals surface area (Å²) in [4.78, 5) is 0. The van der Waals surface area contributed by atoms with Crippen LogP contribution >= 0.6 is 0 Å². The molecule has 2 rings (SSSR count). The van der Waals surface area contributed by atoms with Gasteiger partial charge in [0.05, 0.1) is 5.60 Å².